The molecule has 4 nitrogen and oxygen atoms in total. The quantitative estimate of drug-likeness (QED) is 0.923. The third kappa shape index (κ3) is 2.57. The molecule has 0 radical (unpaired) electrons. The van der Waals surface area contributed by atoms with Crippen molar-refractivity contribution in [2.24, 2.45) is 0 Å². The summed E-state index contributed by atoms with van der Waals surface area (Å²) in [5.74, 6) is -1.04. The largest absolute Gasteiger partial charge is 0.478 e. The van der Waals surface area contributed by atoms with Crippen molar-refractivity contribution in [2.45, 2.75) is 6.92 Å². The number of aromatic carboxylic acids is 1. The Morgan fingerprint density at radius 2 is 2.22 bits per heavy atom. The van der Waals surface area contributed by atoms with Gasteiger partial charge in [0, 0.05) is 10.9 Å². The lowest BCUT2D eigenvalue weighted by atomic mass is 10.1. The first-order chi connectivity index (χ1) is 8.58. The Morgan fingerprint density at radius 3 is 2.83 bits per heavy atom. The highest BCUT2D eigenvalue weighted by atomic mass is 32.1. The van der Waals surface area contributed by atoms with Gasteiger partial charge < -0.3 is 9.52 Å². The van der Waals surface area contributed by atoms with Gasteiger partial charge in [-0.2, -0.15) is 0 Å². The van der Waals surface area contributed by atoms with E-state index in [4.69, 9.17) is 9.52 Å². The van der Waals surface area contributed by atoms with Crippen molar-refractivity contribution in [3.05, 3.63) is 55.8 Å². The maximum absolute atomic E-state index is 11.3. The summed E-state index contributed by atoms with van der Waals surface area (Å²) in [6.07, 6.45) is 3.22. The van der Waals surface area contributed by atoms with Crippen molar-refractivity contribution < 1.29 is 14.3 Å². The number of rotatable bonds is 3. The summed E-state index contributed by atoms with van der Waals surface area (Å²) in [6, 6.07) is 4.94. The van der Waals surface area contributed by atoms with E-state index in [9.17, 15) is 9.59 Å². The Labute approximate surface area is 107 Å². The SMILES string of the molecule is Cc1cc(=O)oc(/C=C/c2cccs2)c1C(=O)O. The van der Waals surface area contributed by atoms with Crippen LogP contribution in [0.1, 0.15) is 26.6 Å². The lowest BCUT2D eigenvalue weighted by molar-refractivity contribution is 0.0692. The van der Waals surface area contributed by atoms with E-state index < -0.39 is 11.6 Å². The highest BCUT2D eigenvalue weighted by Crippen LogP contribution is 2.17. The van der Waals surface area contributed by atoms with Crippen molar-refractivity contribution >= 4 is 29.5 Å². The van der Waals surface area contributed by atoms with E-state index in [1.165, 1.54) is 23.5 Å². The summed E-state index contributed by atoms with van der Waals surface area (Å²) in [5.41, 5.74) is -0.143. The standard InChI is InChI=1S/C13H10O4S/c1-8-7-11(14)17-10(12(8)13(15)16)5-4-9-3-2-6-18-9/h2-7H,1H3,(H,15,16)/b5-4+. The normalized spacial score (nSPS) is 10.9. The van der Waals surface area contributed by atoms with E-state index in [1.807, 2.05) is 17.5 Å². The number of carboxylic acids is 1. The Hall–Kier alpha value is -2.14. The monoisotopic (exact) mass is 262 g/mol. The molecule has 1 N–H and O–H groups in total. The third-order valence-corrected chi connectivity index (χ3v) is 3.18. The molecule has 92 valence electrons. The molecule has 2 rings (SSSR count). The van der Waals surface area contributed by atoms with Crippen molar-refractivity contribution in [2.75, 3.05) is 0 Å². The Morgan fingerprint density at radius 1 is 1.44 bits per heavy atom. The smallest absolute Gasteiger partial charge is 0.339 e. The van der Waals surface area contributed by atoms with Gasteiger partial charge in [-0.15, -0.1) is 11.3 Å². The maximum Gasteiger partial charge on any atom is 0.339 e. The molecule has 0 atom stereocenters. The number of aryl methyl sites for hydroxylation is 1. The van der Waals surface area contributed by atoms with E-state index in [1.54, 1.807) is 13.0 Å². The summed E-state index contributed by atoms with van der Waals surface area (Å²) in [6.45, 7) is 1.57. The van der Waals surface area contributed by atoms with Crippen molar-refractivity contribution in [3.8, 4) is 0 Å². The molecule has 0 aliphatic heterocycles. The zero-order valence-electron chi connectivity index (χ0n) is 9.54. The minimum Gasteiger partial charge on any atom is -0.478 e. The number of carbonyl (C=O) groups is 1. The van der Waals surface area contributed by atoms with Crippen molar-refractivity contribution in [3.63, 3.8) is 0 Å². The molecule has 0 saturated heterocycles. The van der Waals surface area contributed by atoms with Gasteiger partial charge in [0.05, 0.1) is 0 Å². The van der Waals surface area contributed by atoms with Gasteiger partial charge in [-0.25, -0.2) is 9.59 Å². The lowest BCUT2D eigenvalue weighted by Crippen LogP contribution is -2.09. The minimum absolute atomic E-state index is 0.0161. The predicted octanol–water partition coefficient (Wildman–Crippen LogP) is 2.88. The number of carboxylic acid groups (broad SMARTS) is 1. The van der Waals surface area contributed by atoms with Crippen molar-refractivity contribution in [1.29, 1.82) is 0 Å². The molecule has 2 aromatic rings. The number of thiophene rings is 1. The van der Waals surface area contributed by atoms with Crippen LogP contribution >= 0.6 is 11.3 Å². The van der Waals surface area contributed by atoms with Crippen LogP contribution in [0.4, 0.5) is 0 Å². The fourth-order valence-electron chi connectivity index (χ4n) is 1.57. The maximum atomic E-state index is 11.3. The Balaban J connectivity index is 2.49. The van der Waals surface area contributed by atoms with E-state index in [0.717, 1.165) is 4.88 Å². The second kappa shape index (κ2) is 5.01. The van der Waals surface area contributed by atoms with Crippen LogP contribution in [0.15, 0.2) is 32.8 Å². The highest BCUT2D eigenvalue weighted by molar-refractivity contribution is 7.10. The van der Waals surface area contributed by atoms with E-state index in [2.05, 4.69) is 0 Å². The van der Waals surface area contributed by atoms with Crippen LogP contribution in [-0.2, 0) is 0 Å². The summed E-state index contributed by atoms with van der Waals surface area (Å²) < 4.78 is 4.93. The summed E-state index contributed by atoms with van der Waals surface area (Å²) in [7, 11) is 0. The third-order valence-electron chi connectivity index (χ3n) is 2.34. The van der Waals surface area contributed by atoms with Crippen LogP contribution in [0.2, 0.25) is 0 Å². The first-order valence-corrected chi connectivity index (χ1v) is 6.05. The topological polar surface area (TPSA) is 67.5 Å². The first kappa shape index (κ1) is 12.3. The van der Waals surface area contributed by atoms with Gasteiger partial charge in [0.1, 0.15) is 11.3 Å². The molecule has 0 amide bonds. The molecule has 0 spiro atoms. The summed E-state index contributed by atoms with van der Waals surface area (Å²) >= 11 is 1.51. The van der Waals surface area contributed by atoms with Gasteiger partial charge in [-0.3, -0.25) is 0 Å². The average Bonchev–Trinajstić information content (AvgIpc) is 2.77. The minimum atomic E-state index is -1.11. The van der Waals surface area contributed by atoms with Crippen LogP contribution in [0.5, 0.6) is 0 Å². The zero-order chi connectivity index (χ0) is 13.1. The van der Waals surface area contributed by atoms with Crippen LogP contribution in [0, 0.1) is 6.92 Å². The van der Waals surface area contributed by atoms with E-state index in [-0.39, 0.29) is 11.3 Å². The van der Waals surface area contributed by atoms with Gasteiger partial charge in [-0.1, -0.05) is 6.07 Å². The summed E-state index contributed by atoms with van der Waals surface area (Å²) in [5, 5.41) is 11.0. The predicted molar refractivity (Wildman–Crippen MR) is 69.9 cm³/mol. The van der Waals surface area contributed by atoms with Crippen molar-refractivity contribution in [1.82, 2.24) is 0 Å². The van der Waals surface area contributed by atoms with Crippen LogP contribution < -0.4 is 5.63 Å². The second-order valence-electron chi connectivity index (χ2n) is 3.64. The van der Waals surface area contributed by atoms with Crippen LogP contribution in [-0.4, -0.2) is 11.1 Å². The van der Waals surface area contributed by atoms with Gasteiger partial charge in [0.25, 0.3) is 0 Å². The zero-order valence-corrected chi connectivity index (χ0v) is 10.4. The van der Waals surface area contributed by atoms with Crippen LogP contribution in [0.25, 0.3) is 12.2 Å². The molecule has 0 aliphatic carbocycles. The van der Waals surface area contributed by atoms with E-state index >= 15 is 0 Å². The second-order valence-corrected chi connectivity index (χ2v) is 4.62. The van der Waals surface area contributed by atoms with Gasteiger partial charge >= 0.3 is 11.6 Å². The molecule has 2 aromatic heterocycles. The van der Waals surface area contributed by atoms with Gasteiger partial charge in [-0.05, 0) is 36.1 Å². The molecule has 0 fully saturated rings. The molecular formula is C13H10O4S. The number of hydrogen-bond donors (Lipinski definition) is 1. The molecule has 0 saturated carbocycles. The fraction of sp³-hybridized carbons (Fsp3) is 0.0769. The van der Waals surface area contributed by atoms with Gasteiger partial charge in [0.2, 0.25) is 0 Å². The molecule has 5 heteroatoms. The molecule has 0 aromatic carbocycles. The molecule has 2 heterocycles. The Bertz CT molecular complexity index is 650. The van der Waals surface area contributed by atoms with E-state index in [0.29, 0.717) is 5.56 Å². The van der Waals surface area contributed by atoms with Crippen LogP contribution in [0.3, 0.4) is 0 Å². The number of hydrogen-bond acceptors (Lipinski definition) is 4. The van der Waals surface area contributed by atoms with Gasteiger partial charge in [0.15, 0.2) is 0 Å². The molecule has 18 heavy (non-hydrogen) atoms. The molecular weight excluding hydrogens is 252 g/mol. The molecule has 0 aliphatic rings. The Kier molecular flexibility index (Phi) is 3.43. The molecule has 0 bridgehead atoms. The first-order valence-electron chi connectivity index (χ1n) is 5.17. The fourth-order valence-corrected chi connectivity index (χ4v) is 2.19. The summed E-state index contributed by atoms with van der Waals surface area (Å²) in [4.78, 5) is 23.3. The highest BCUT2D eigenvalue weighted by Gasteiger charge is 2.14. The average molecular weight is 262 g/mol. The lowest BCUT2D eigenvalue weighted by Gasteiger charge is -2.02. The molecule has 0 unspecified atom stereocenters.